The molecule has 0 bridgehead atoms. The smallest absolute Gasteiger partial charge is 0.326 e. The van der Waals surface area contributed by atoms with E-state index in [0.717, 1.165) is 0 Å². The SMILES string of the molecule is CC(C)C(NC(=O)CCS(=O)(=O)c1ccccc1)C(=O)O. The summed E-state index contributed by atoms with van der Waals surface area (Å²) in [6.07, 6.45) is -0.270. The predicted molar refractivity (Wildman–Crippen MR) is 77.5 cm³/mol. The Bertz CT molecular complexity index is 595. The van der Waals surface area contributed by atoms with Crippen molar-refractivity contribution >= 4 is 21.7 Å². The fourth-order valence-electron chi connectivity index (χ4n) is 1.73. The standard InChI is InChI=1S/C14H19NO5S/c1-10(2)13(14(17)18)15-12(16)8-9-21(19,20)11-6-4-3-5-7-11/h3-7,10,13H,8-9H2,1-2H3,(H,15,16)(H,17,18). The Labute approximate surface area is 124 Å². The van der Waals surface area contributed by atoms with Gasteiger partial charge in [0.15, 0.2) is 9.84 Å². The lowest BCUT2D eigenvalue weighted by Gasteiger charge is -2.17. The van der Waals surface area contributed by atoms with Gasteiger partial charge in [0.05, 0.1) is 10.6 Å². The second-order valence-electron chi connectivity index (χ2n) is 5.01. The molecular weight excluding hydrogens is 294 g/mol. The average molecular weight is 313 g/mol. The van der Waals surface area contributed by atoms with Crippen molar-refractivity contribution in [3.8, 4) is 0 Å². The van der Waals surface area contributed by atoms with Gasteiger partial charge in [-0.15, -0.1) is 0 Å². The number of hydrogen-bond acceptors (Lipinski definition) is 4. The molecule has 0 radical (unpaired) electrons. The minimum atomic E-state index is -3.54. The second-order valence-corrected chi connectivity index (χ2v) is 7.12. The van der Waals surface area contributed by atoms with Gasteiger partial charge in [0.1, 0.15) is 6.04 Å². The average Bonchev–Trinajstić information content (AvgIpc) is 2.43. The summed E-state index contributed by atoms with van der Waals surface area (Å²) in [5.41, 5.74) is 0. The summed E-state index contributed by atoms with van der Waals surface area (Å²) in [6, 6.07) is 6.81. The first kappa shape index (κ1) is 17.2. The van der Waals surface area contributed by atoms with Crippen LogP contribution in [0.1, 0.15) is 20.3 Å². The number of amides is 1. The van der Waals surface area contributed by atoms with E-state index in [1.54, 1.807) is 32.0 Å². The van der Waals surface area contributed by atoms with E-state index in [-0.39, 0.29) is 23.0 Å². The summed E-state index contributed by atoms with van der Waals surface area (Å²) < 4.78 is 24.0. The van der Waals surface area contributed by atoms with E-state index < -0.39 is 27.8 Å². The van der Waals surface area contributed by atoms with Crippen molar-refractivity contribution in [2.75, 3.05) is 5.75 Å². The molecule has 0 saturated heterocycles. The van der Waals surface area contributed by atoms with Crippen LogP contribution in [0.15, 0.2) is 35.2 Å². The van der Waals surface area contributed by atoms with Crippen LogP contribution in [0.3, 0.4) is 0 Å². The van der Waals surface area contributed by atoms with E-state index in [1.165, 1.54) is 12.1 Å². The first-order chi connectivity index (χ1) is 9.74. The number of rotatable bonds is 7. The minimum Gasteiger partial charge on any atom is -0.480 e. The number of carboxylic acids is 1. The molecule has 0 saturated carbocycles. The molecule has 1 unspecified atom stereocenters. The fourth-order valence-corrected chi connectivity index (χ4v) is 2.99. The first-order valence-corrected chi connectivity index (χ1v) is 8.19. The molecule has 0 fully saturated rings. The lowest BCUT2D eigenvalue weighted by Crippen LogP contribution is -2.44. The predicted octanol–water partition coefficient (Wildman–Crippen LogP) is 1.08. The van der Waals surface area contributed by atoms with Crippen LogP contribution in [-0.4, -0.2) is 37.2 Å². The monoisotopic (exact) mass is 313 g/mol. The Kier molecular flexibility index (Phi) is 5.90. The number of carboxylic acid groups (broad SMARTS) is 1. The fraction of sp³-hybridized carbons (Fsp3) is 0.429. The molecule has 1 aromatic carbocycles. The van der Waals surface area contributed by atoms with Crippen LogP contribution in [0.2, 0.25) is 0 Å². The van der Waals surface area contributed by atoms with Gasteiger partial charge in [0.25, 0.3) is 0 Å². The summed E-state index contributed by atoms with van der Waals surface area (Å²) in [7, 11) is -3.54. The maximum Gasteiger partial charge on any atom is 0.326 e. The first-order valence-electron chi connectivity index (χ1n) is 6.54. The highest BCUT2D eigenvalue weighted by atomic mass is 32.2. The molecule has 0 aliphatic heterocycles. The summed E-state index contributed by atoms with van der Waals surface area (Å²) in [4.78, 5) is 22.8. The lowest BCUT2D eigenvalue weighted by atomic mass is 10.0. The maximum atomic E-state index is 12.0. The Morgan fingerprint density at radius 2 is 1.76 bits per heavy atom. The largest absolute Gasteiger partial charge is 0.480 e. The van der Waals surface area contributed by atoms with Crippen molar-refractivity contribution in [1.82, 2.24) is 5.32 Å². The van der Waals surface area contributed by atoms with Crippen LogP contribution in [0, 0.1) is 5.92 Å². The molecule has 1 aromatic rings. The van der Waals surface area contributed by atoms with Crippen LogP contribution in [0.5, 0.6) is 0 Å². The normalized spacial score (nSPS) is 12.9. The van der Waals surface area contributed by atoms with Crippen molar-refractivity contribution in [3.05, 3.63) is 30.3 Å². The highest BCUT2D eigenvalue weighted by Crippen LogP contribution is 2.11. The third kappa shape index (κ3) is 5.18. The summed E-state index contributed by atoms with van der Waals surface area (Å²) in [5.74, 6) is -2.36. The van der Waals surface area contributed by atoms with E-state index in [1.807, 2.05) is 0 Å². The highest BCUT2D eigenvalue weighted by Gasteiger charge is 2.24. The Balaban J connectivity index is 2.63. The molecule has 116 valence electrons. The summed E-state index contributed by atoms with van der Waals surface area (Å²) in [6.45, 7) is 3.33. The van der Waals surface area contributed by atoms with Gasteiger partial charge >= 0.3 is 5.97 Å². The van der Waals surface area contributed by atoms with Crippen LogP contribution in [0.4, 0.5) is 0 Å². The lowest BCUT2D eigenvalue weighted by molar-refractivity contribution is -0.143. The van der Waals surface area contributed by atoms with Gasteiger partial charge < -0.3 is 10.4 Å². The Morgan fingerprint density at radius 3 is 2.24 bits per heavy atom. The van der Waals surface area contributed by atoms with Crippen molar-refractivity contribution in [3.63, 3.8) is 0 Å². The third-order valence-corrected chi connectivity index (χ3v) is 4.68. The molecule has 0 aliphatic carbocycles. The number of benzene rings is 1. The molecule has 1 rings (SSSR count). The molecule has 7 heteroatoms. The van der Waals surface area contributed by atoms with Crippen LogP contribution < -0.4 is 5.32 Å². The zero-order chi connectivity index (χ0) is 16.0. The molecule has 0 spiro atoms. The summed E-state index contributed by atoms with van der Waals surface area (Å²) in [5, 5.41) is 11.3. The minimum absolute atomic E-state index is 0.149. The molecular formula is C14H19NO5S. The van der Waals surface area contributed by atoms with Crippen molar-refractivity contribution in [2.24, 2.45) is 5.92 Å². The molecule has 0 aliphatic rings. The maximum absolute atomic E-state index is 12.0. The molecule has 0 heterocycles. The van der Waals surface area contributed by atoms with Gasteiger partial charge in [0.2, 0.25) is 5.91 Å². The van der Waals surface area contributed by atoms with E-state index in [0.29, 0.717) is 0 Å². The quantitative estimate of drug-likeness (QED) is 0.784. The van der Waals surface area contributed by atoms with Gasteiger partial charge in [-0.25, -0.2) is 13.2 Å². The van der Waals surface area contributed by atoms with Crippen LogP contribution in [-0.2, 0) is 19.4 Å². The molecule has 1 amide bonds. The molecule has 21 heavy (non-hydrogen) atoms. The van der Waals surface area contributed by atoms with E-state index in [2.05, 4.69) is 5.32 Å². The molecule has 0 aromatic heterocycles. The van der Waals surface area contributed by atoms with Gasteiger partial charge in [-0.1, -0.05) is 32.0 Å². The van der Waals surface area contributed by atoms with Crippen LogP contribution >= 0.6 is 0 Å². The van der Waals surface area contributed by atoms with Gasteiger partial charge in [-0.3, -0.25) is 4.79 Å². The summed E-state index contributed by atoms with van der Waals surface area (Å²) >= 11 is 0. The van der Waals surface area contributed by atoms with Crippen molar-refractivity contribution < 1.29 is 23.1 Å². The van der Waals surface area contributed by atoms with E-state index in [4.69, 9.17) is 5.11 Å². The van der Waals surface area contributed by atoms with E-state index >= 15 is 0 Å². The number of hydrogen-bond donors (Lipinski definition) is 2. The second kappa shape index (κ2) is 7.21. The zero-order valence-corrected chi connectivity index (χ0v) is 12.8. The van der Waals surface area contributed by atoms with E-state index in [9.17, 15) is 18.0 Å². The van der Waals surface area contributed by atoms with Gasteiger partial charge in [0, 0.05) is 6.42 Å². The number of aliphatic carboxylic acids is 1. The number of carbonyl (C=O) groups excluding carboxylic acids is 1. The molecule has 1 atom stereocenters. The third-order valence-electron chi connectivity index (χ3n) is 2.95. The number of sulfone groups is 1. The van der Waals surface area contributed by atoms with Gasteiger partial charge in [-0.05, 0) is 18.1 Å². The number of carbonyl (C=O) groups is 2. The Hall–Kier alpha value is -1.89. The van der Waals surface area contributed by atoms with Crippen molar-refractivity contribution in [1.29, 1.82) is 0 Å². The number of nitrogens with one attached hydrogen (secondary N) is 1. The topological polar surface area (TPSA) is 101 Å². The molecule has 6 nitrogen and oxygen atoms in total. The molecule has 2 N–H and O–H groups in total. The van der Waals surface area contributed by atoms with Crippen LogP contribution in [0.25, 0.3) is 0 Å². The van der Waals surface area contributed by atoms with Crippen molar-refractivity contribution in [2.45, 2.75) is 31.2 Å². The Morgan fingerprint density at radius 1 is 1.19 bits per heavy atom. The highest BCUT2D eigenvalue weighted by molar-refractivity contribution is 7.91. The van der Waals surface area contributed by atoms with Gasteiger partial charge in [-0.2, -0.15) is 0 Å². The zero-order valence-electron chi connectivity index (χ0n) is 11.9.